The van der Waals surface area contributed by atoms with Gasteiger partial charge in [-0.25, -0.2) is 0 Å². The van der Waals surface area contributed by atoms with Gasteiger partial charge in [0.25, 0.3) is 0 Å². The zero-order valence-electron chi connectivity index (χ0n) is 8.72. The Hall–Kier alpha value is -1.31. The number of carbonyl (C=O) groups excluding carboxylic acids is 1. The Bertz CT molecular complexity index is 269. The van der Waals surface area contributed by atoms with E-state index in [0.29, 0.717) is 0 Å². The van der Waals surface area contributed by atoms with Crippen LogP contribution in [0.25, 0.3) is 0 Å². The number of anilines is 1. The van der Waals surface area contributed by atoms with Gasteiger partial charge in [-0.1, -0.05) is 26.0 Å². The van der Waals surface area contributed by atoms with Crippen molar-refractivity contribution in [3.63, 3.8) is 0 Å². The molecule has 2 nitrogen and oxygen atoms in total. The van der Waals surface area contributed by atoms with Crippen LogP contribution in [-0.4, -0.2) is 5.91 Å². The van der Waals surface area contributed by atoms with Gasteiger partial charge in [-0.2, -0.15) is 0 Å². The first-order valence-corrected chi connectivity index (χ1v) is 4.53. The van der Waals surface area contributed by atoms with Gasteiger partial charge in [0.15, 0.2) is 0 Å². The van der Waals surface area contributed by atoms with Crippen molar-refractivity contribution >= 4 is 11.6 Å². The lowest BCUT2D eigenvalue weighted by Crippen LogP contribution is -2.05. The first-order valence-electron chi connectivity index (χ1n) is 4.53. The largest absolute Gasteiger partial charge is 0.326 e. The quantitative estimate of drug-likeness (QED) is 0.705. The van der Waals surface area contributed by atoms with Crippen LogP contribution in [0.1, 0.15) is 26.3 Å². The number of hydrogen-bond acceptors (Lipinski definition) is 1. The summed E-state index contributed by atoms with van der Waals surface area (Å²) < 4.78 is 0. The summed E-state index contributed by atoms with van der Waals surface area (Å²) in [5.74, 6) is -0.0319. The van der Waals surface area contributed by atoms with Crippen LogP contribution in [0.3, 0.4) is 0 Å². The summed E-state index contributed by atoms with van der Waals surface area (Å²) in [7, 11) is 0. The average Bonchev–Trinajstić information content (AvgIpc) is 2.06. The van der Waals surface area contributed by atoms with E-state index in [0.717, 1.165) is 11.3 Å². The number of nitrogens with one attached hydrogen (secondary N) is 1. The number of rotatable bonds is 1. The molecule has 0 radical (unpaired) electrons. The molecule has 0 aliphatic rings. The van der Waals surface area contributed by atoms with E-state index in [9.17, 15) is 4.79 Å². The summed E-state index contributed by atoms with van der Waals surface area (Å²) in [4.78, 5) is 10.6. The van der Waals surface area contributed by atoms with Crippen molar-refractivity contribution in [1.82, 2.24) is 0 Å². The van der Waals surface area contributed by atoms with Crippen LogP contribution in [0.5, 0.6) is 0 Å². The van der Waals surface area contributed by atoms with Crippen LogP contribution < -0.4 is 5.32 Å². The topological polar surface area (TPSA) is 29.1 Å². The highest BCUT2D eigenvalue weighted by Gasteiger charge is 1.93. The first kappa shape index (κ1) is 11.7. The van der Waals surface area contributed by atoms with E-state index in [-0.39, 0.29) is 5.91 Å². The van der Waals surface area contributed by atoms with Crippen molar-refractivity contribution in [1.29, 1.82) is 0 Å². The van der Waals surface area contributed by atoms with E-state index >= 15 is 0 Å². The number of aryl methyl sites for hydroxylation is 1. The summed E-state index contributed by atoms with van der Waals surface area (Å²) >= 11 is 0. The van der Waals surface area contributed by atoms with Crippen LogP contribution in [-0.2, 0) is 4.79 Å². The highest BCUT2D eigenvalue weighted by molar-refractivity contribution is 5.88. The lowest BCUT2D eigenvalue weighted by molar-refractivity contribution is -0.114. The molecule has 0 saturated heterocycles. The molecule has 0 aliphatic carbocycles. The number of hydrogen-bond donors (Lipinski definition) is 1. The maximum atomic E-state index is 10.6. The number of carbonyl (C=O) groups is 1. The Morgan fingerprint density at radius 3 is 2.38 bits per heavy atom. The molecule has 0 fully saturated rings. The summed E-state index contributed by atoms with van der Waals surface area (Å²) in [6.45, 7) is 7.49. The van der Waals surface area contributed by atoms with Crippen molar-refractivity contribution in [3.8, 4) is 0 Å². The van der Waals surface area contributed by atoms with Gasteiger partial charge in [0.2, 0.25) is 5.91 Å². The molecule has 0 heterocycles. The molecule has 1 aromatic carbocycles. The molecule has 0 bridgehead atoms. The normalized spacial score (nSPS) is 8.31. The van der Waals surface area contributed by atoms with Crippen molar-refractivity contribution in [2.75, 3.05) is 5.32 Å². The van der Waals surface area contributed by atoms with Gasteiger partial charge in [0.05, 0.1) is 0 Å². The zero-order valence-corrected chi connectivity index (χ0v) is 8.72. The Morgan fingerprint density at radius 1 is 1.31 bits per heavy atom. The smallest absolute Gasteiger partial charge is 0.221 e. The highest BCUT2D eigenvalue weighted by atomic mass is 16.1. The molecule has 0 aromatic heterocycles. The monoisotopic (exact) mass is 179 g/mol. The van der Waals surface area contributed by atoms with E-state index in [1.165, 1.54) is 6.92 Å². The molecule has 0 saturated carbocycles. The van der Waals surface area contributed by atoms with Crippen molar-refractivity contribution in [3.05, 3.63) is 29.8 Å². The van der Waals surface area contributed by atoms with Crippen LogP contribution >= 0.6 is 0 Å². The Labute approximate surface area is 80.0 Å². The van der Waals surface area contributed by atoms with Gasteiger partial charge in [0, 0.05) is 12.6 Å². The van der Waals surface area contributed by atoms with Crippen molar-refractivity contribution in [2.45, 2.75) is 27.7 Å². The fourth-order valence-corrected chi connectivity index (χ4v) is 0.926. The van der Waals surface area contributed by atoms with E-state index < -0.39 is 0 Å². The molecule has 13 heavy (non-hydrogen) atoms. The maximum Gasteiger partial charge on any atom is 0.221 e. The van der Waals surface area contributed by atoms with E-state index in [4.69, 9.17) is 0 Å². The van der Waals surface area contributed by atoms with Crippen molar-refractivity contribution in [2.24, 2.45) is 0 Å². The lowest BCUT2D eigenvalue weighted by Gasteiger charge is -2.01. The first-order chi connectivity index (χ1) is 6.18. The molecule has 0 unspecified atom stereocenters. The molecule has 1 N–H and O–H groups in total. The molecule has 2 heteroatoms. The Morgan fingerprint density at radius 2 is 1.92 bits per heavy atom. The van der Waals surface area contributed by atoms with Gasteiger partial charge in [-0.05, 0) is 24.6 Å². The second kappa shape index (κ2) is 6.23. The van der Waals surface area contributed by atoms with E-state index in [1.807, 2.05) is 45.0 Å². The van der Waals surface area contributed by atoms with Gasteiger partial charge in [-0.3, -0.25) is 4.79 Å². The number of amides is 1. The molecule has 0 spiro atoms. The highest BCUT2D eigenvalue weighted by Crippen LogP contribution is 2.08. The predicted octanol–water partition coefficient (Wildman–Crippen LogP) is 2.98. The molecule has 72 valence electrons. The van der Waals surface area contributed by atoms with Crippen LogP contribution in [0.4, 0.5) is 5.69 Å². The maximum absolute atomic E-state index is 10.6. The second-order valence-electron chi connectivity index (χ2n) is 2.55. The van der Waals surface area contributed by atoms with Crippen LogP contribution in [0.2, 0.25) is 0 Å². The SMILES string of the molecule is CC.CC(=O)Nc1cccc(C)c1. The molecule has 1 amide bonds. The third kappa shape index (κ3) is 5.01. The van der Waals surface area contributed by atoms with Crippen LogP contribution in [0, 0.1) is 6.92 Å². The van der Waals surface area contributed by atoms with Gasteiger partial charge >= 0.3 is 0 Å². The minimum absolute atomic E-state index is 0.0319. The standard InChI is InChI=1S/C9H11NO.C2H6/c1-7-4-3-5-9(6-7)10-8(2)11;1-2/h3-6H,1-2H3,(H,10,11);1-2H3. The number of benzene rings is 1. The Kier molecular flexibility index (Phi) is 5.60. The Balaban J connectivity index is 0.000000671. The van der Waals surface area contributed by atoms with E-state index in [2.05, 4.69) is 5.32 Å². The molecule has 1 aromatic rings. The molecule has 0 atom stereocenters. The fraction of sp³-hybridized carbons (Fsp3) is 0.364. The van der Waals surface area contributed by atoms with E-state index in [1.54, 1.807) is 0 Å². The molecular formula is C11H17NO. The van der Waals surface area contributed by atoms with Gasteiger partial charge in [-0.15, -0.1) is 0 Å². The third-order valence-electron chi connectivity index (χ3n) is 1.34. The van der Waals surface area contributed by atoms with Crippen LogP contribution in [0.15, 0.2) is 24.3 Å². The molecular weight excluding hydrogens is 162 g/mol. The third-order valence-corrected chi connectivity index (χ3v) is 1.34. The average molecular weight is 179 g/mol. The summed E-state index contributed by atoms with van der Waals surface area (Å²) in [6.07, 6.45) is 0. The zero-order chi connectivity index (χ0) is 10.3. The van der Waals surface area contributed by atoms with Gasteiger partial charge in [0.1, 0.15) is 0 Å². The summed E-state index contributed by atoms with van der Waals surface area (Å²) in [6, 6.07) is 7.71. The fourth-order valence-electron chi connectivity index (χ4n) is 0.926. The minimum Gasteiger partial charge on any atom is -0.326 e. The van der Waals surface area contributed by atoms with Crippen molar-refractivity contribution < 1.29 is 4.79 Å². The minimum atomic E-state index is -0.0319. The lowest BCUT2D eigenvalue weighted by atomic mass is 10.2. The van der Waals surface area contributed by atoms with Gasteiger partial charge < -0.3 is 5.32 Å². The molecule has 1 rings (SSSR count). The predicted molar refractivity (Wildman–Crippen MR) is 56.8 cm³/mol. The summed E-state index contributed by atoms with van der Waals surface area (Å²) in [5, 5.41) is 2.71. The summed E-state index contributed by atoms with van der Waals surface area (Å²) in [5.41, 5.74) is 2.01. The second-order valence-corrected chi connectivity index (χ2v) is 2.55. The molecule has 0 aliphatic heterocycles.